The molecule has 1 aromatic heterocycles. The second-order valence-electron chi connectivity index (χ2n) is 8.79. The number of hydrogen-bond donors (Lipinski definition) is 1. The molecule has 0 aliphatic carbocycles. The zero-order valence-electron chi connectivity index (χ0n) is 18.3. The maximum Gasteiger partial charge on any atom is 0.252 e. The molecule has 2 saturated heterocycles. The summed E-state index contributed by atoms with van der Waals surface area (Å²) < 4.78 is 44.0. The maximum absolute atomic E-state index is 13.0. The Morgan fingerprint density at radius 2 is 1.88 bits per heavy atom. The third kappa shape index (κ3) is 4.49. The Hall–Kier alpha value is -2.14. The van der Waals surface area contributed by atoms with Crippen molar-refractivity contribution in [3.05, 3.63) is 41.3 Å². The molecule has 178 valence electrons. The highest BCUT2D eigenvalue weighted by molar-refractivity contribution is 7.91. The summed E-state index contributed by atoms with van der Waals surface area (Å²) in [6, 6.07) is 9.37. The number of nitrogens with zero attached hydrogens (tertiary/aromatic N) is 1. The fourth-order valence-corrected chi connectivity index (χ4v) is 7.47. The van der Waals surface area contributed by atoms with Crippen molar-refractivity contribution < 1.29 is 27.4 Å². The van der Waals surface area contributed by atoms with Crippen molar-refractivity contribution in [2.45, 2.75) is 35.3 Å². The minimum atomic E-state index is -3.46. The fraction of sp³-hybridized carbons (Fsp3) is 0.522. The number of thiophene rings is 1. The number of ether oxygens (including phenoxy) is 3. The molecule has 0 atom stereocenters. The third-order valence-electron chi connectivity index (χ3n) is 6.95. The molecule has 4 heterocycles. The Morgan fingerprint density at radius 3 is 2.61 bits per heavy atom. The standard InChI is InChI=1S/C23H28N2O6S2/c26-22(17-5-9-25(10-6-17)33(27,28)21-2-1-13-32-21)24-15-23(7-11-29-12-8-23)18-3-4-19-20(14-18)31-16-30-19/h1-4,13-14,17H,5-12,15-16H2,(H,24,26). The molecule has 2 aromatic rings. The van der Waals surface area contributed by atoms with Gasteiger partial charge in [-0.25, -0.2) is 8.42 Å². The largest absolute Gasteiger partial charge is 0.454 e. The highest BCUT2D eigenvalue weighted by atomic mass is 32.2. The minimum absolute atomic E-state index is 0.00483. The Kier molecular flexibility index (Phi) is 6.34. The van der Waals surface area contributed by atoms with E-state index in [1.165, 1.54) is 15.6 Å². The quantitative estimate of drug-likeness (QED) is 0.667. The second-order valence-corrected chi connectivity index (χ2v) is 11.9. The SMILES string of the molecule is O=C(NCC1(c2ccc3c(c2)OCO3)CCOCC1)C1CCN(S(=O)(=O)c2cccs2)CC1. The lowest BCUT2D eigenvalue weighted by atomic mass is 9.74. The molecule has 8 nitrogen and oxygen atoms in total. The molecule has 1 amide bonds. The highest BCUT2D eigenvalue weighted by Crippen LogP contribution is 2.40. The summed E-state index contributed by atoms with van der Waals surface area (Å²) in [7, 11) is -3.46. The number of hydrogen-bond acceptors (Lipinski definition) is 7. The summed E-state index contributed by atoms with van der Waals surface area (Å²) >= 11 is 1.22. The van der Waals surface area contributed by atoms with Crippen LogP contribution < -0.4 is 14.8 Å². The Balaban J connectivity index is 1.22. The van der Waals surface area contributed by atoms with E-state index in [1.807, 2.05) is 12.1 Å². The normalized spacial score (nSPS) is 21.1. The van der Waals surface area contributed by atoms with Gasteiger partial charge in [-0.05, 0) is 54.8 Å². The summed E-state index contributed by atoms with van der Waals surface area (Å²) in [4.78, 5) is 13.0. The van der Waals surface area contributed by atoms with Gasteiger partial charge in [-0.15, -0.1) is 11.3 Å². The van der Waals surface area contributed by atoms with Gasteiger partial charge < -0.3 is 19.5 Å². The Morgan fingerprint density at radius 1 is 1.12 bits per heavy atom. The Labute approximate surface area is 197 Å². The molecule has 0 unspecified atom stereocenters. The van der Waals surface area contributed by atoms with Gasteiger partial charge in [-0.1, -0.05) is 12.1 Å². The van der Waals surface area contributed by atoms with Crippen LogP contribution in [0.5, 0.6) is 11.5 Å². The topological polar surface area (TPSA) is 94.2 Å². The van der Waals surface area contributed by atoms with Crippen molar-refractivity contribution in [2.75, 3.05) is 39.6 Å². The van der Waals surface area contributed by atoms with E-state index in [9.17, 15) is 13.2 Å². The predicted octanol–water partition coefficient (Wildman–Crippen LogP) is 2.74. The molecule has 33 heavy (non-hydrogen) atoms. The van der Waals surface area contributed by atoms with Crippen molar-refractivity contribution >= 4 is 27.3 Å². The van der Waals surface area contributed by atoms with Crippen LogP contribution in [0.2, 0.25) is 0 Å². The van der Waals surface area contributed by atoms with E-state index in [0.717, 1.165) is 29.9 Å². The first kappa shape index (κ1) is 22.6. The number of carbonyl (C=O) groups excluding carboxylic acids is 1. The minimum Gasteiger partial charge on any atom is -0.454 e. The van der Waals surface area contributed by atoms with Crippen molar-refractivity contribution in [1.29, 1.82) is 0 Å². The lowest BCUT2D eigenvalue weighted by Gasteiger charge is -2.38. The van der Waals surface area contributed by atoms with Crippen LogP contribution in [0.25, 0.3) is 0 Å². The number of carbonyl (C=O) groups is 1. The molecule has 0 saturated carbocycles. The zero-order valence-corrected chi connectivity index (χ0v) is 20.0. The molecule has 1 N–H and O–H groups in total. The van der Waals surface area contributed by atoms with Gasteiger partial charge in [0.25, 0.3) is 10.0 Å². The van der Waals surface area contributed by atoms with Gasteiger partial charge in [0.15, 0.2) is 11.5 Å². The van der Waals surface area contributed by atoms with Crippen LogP contribution in [-0.2, 0) is 25.0 Å². The van der Waals surface area contributed by atoms with E-state index in [2.05, 4.69) is 11.4 Å². The molecule has 1 aromatic carbocycles. The van der Waals surface area contributed by atoms with Crippen molar-refractivity contribution in [2.24, 2.45) is 5.92 Å². The van der Waals surface area contributed by atoms with Crippen LogP contribution in [0.3, 0.4) is 0 Å². The number of benzene rings is 1. The molecule has 0 radical (unpaired) electrons. The van der Waals surface area contributed by atoms with Gasteiger partial charge in [0.2, 0.25) is 12.7 Å². The lowest BCUT2D eigenvalue weighted by molar-refractivity contribution is -0.126. The van der Waals surface area contributed by atoms with Gasteiger partial charge in [0.05, 0.1) is 0 Å². The summed E-state index contributed by atoms with van der Waals surface area (Å²) in [6.07, 6.45) is 2.67. The lowest BCUT2D eigenvalue weighted by Crippen LogP contribution is -2.48. The predicted molar refractivity (Wildman–Crippen MR) is 123 cm³/mol. The third-order valence-corrected chi connectivity index (χ3v) is 10.2. The molecule has 0 bridgehead atoms. The van der Waals surface area contributed by atoms with Gasteiger partial charge >= 0.3 is 0 Å². The average molecular weight is 493 g/mol. The van der Waals surface area contributed by atoms with Crippen LogP contribution in [0.15, 0.2) is 39.9 Å². The van der Waals surface area contributed by atoms with E-state index < -0.39 is 10.0 Å². The number of rotatable bonds is 6. The van der Waals surface area contributed by atoms with E-state index in [4.69, 9.17) is 14.2 Å². The summed E-state index contributed by atoms with van der Waals surface area (Å²) in [5.41, 5.74) is 0.894. The molecule has 5 rings (SSSR count). The Bertz CT molecular complexity index is 1090. The first-order chi connectivity index (χ1) is 16.0. The molecule has 2 fully saturated rings. The molecule has 3 aliphatic heterocycles. The molecular formula is C23H28N2O6S2. The van der Waals surface area contributed by atoms with Crippen LogP contribution >= 0.6 is 11.3 Å². The van der Waals surface area contributed by atoms with E-state index in [0.29, 0.717) is 49.9 Å². The fourth-order valence-electron chi connectivity index (χ4n) is 4.85. The summed E-state index contributed by atoms with van der Waals surface area (Å²) in [5, 5.41) is 4.94. The first-order valence-electron chi connectivity index (χ1n) is 11.3. The first-order valence-corrected chi connectivity index (χ1v) is 13.6. The molecule has 0 spiro atoms. The number of sulfonamides is 1. The molecule has 10 heteroatoms. The van der Waals surface area contributed by atoms with Gasteiger partial charge in [0, 0.05) is 44.2 Å². The van der Waals surface area contributed by atoms with Gasteiger partial charge in [-0.2, -0.15) is 4.31 Å². The van der Waals surface area contributed by atoms with Gasteiger partial charge in [0.1, 0.15) is 4.21 Å². The maximum atomic E-state index is 13.0. The van der Waals surface area contributed by atoms with Crippen LogP contribution in [-0.4, -0.2) is 58.3 Å². The number of amides is 1. The van der Waals surface area contributed by atoms with Crippen molar-refractivity contribution in [3.8, 4) is 11.5 Å². The van der Waals surface area contributed by atoms with Crippen LogP contribution in [0.1, 0.15) is 31.2 Å². The van der Waals surface area contributed by atoms with Crippen LogP contribution in [0.4, 0.5) is 0 Å². The number of piperidine rings is 1. The van der Waals surface area contributed by atoms with Crippen molar-refractivity contribution in [1.82, 2.24) is 9.62 Å². The second kappa shape index (κ2) is 9.25. The van der Waals surface area contributed by atoms with Crippen LogP contribution in [0, 0.1) is 5.92 Å². The molecular weight excluding hydrogens is 464 g/mol. The van der Waals surface area contributed by atoms with E-state index in [1.54, 1.807) is 17.5 Å². The molecule has 3 aliphatic rings. The summed E-state index contributed by atoms with van der Waals surface area (Å²) in [5.74, 6) is 1.29. The zero-order chi connectivity index (χ0) is 22.9. The number of nitrogens with one attached hydrogen (secondary N) is 1. The monoisotopic (exact) mass is 492 g/mol. The van der Waals surface area contributed by atoms with E-state index >= 15 is 0 Å². The highest BCUT2D eigenvalue weighted by Gasteiger charge is 2.38. The van der Waals surface area contributed by atoms with Crippen molar-refractivity contribution in [3.63, 3.8) is 0 Å². The number of fused-ring (bicyclic) bond motifs is 1. The summed E-state index contributed by atoms with van der Waals surface area (Å²) in [6.45, 7) is 2.75. The van der Waals surface area contributed by atoms with E-state index in [-0.39, 0.29) is 24.0 Å². The van der Waals surface area contributed by atoms with Gasteiger partial charge in [-0.3, -0.25) is 4.79 Å². The smallest absolute Gasteiger partial charge is 0.252 e. The average Bonchev–Trinajstić information content (AvgIpc) is 3.55.